The molecule has 0 bridgehead atoms. The summed E-state index contributed by atoms with van der Waals surface area (Å²) in [4.78, 5) is 10.8. The molecule has 2 unspecified atom stereocenters. The first-order valence-corrected chi connectivity index (χ1v) is 8.43. The fourth-order valence-electron chi connectivity index (χ4n) is 2.52. The van der Waals surface area contributed by atoms with Crippen LogP contribution < -0.4 is 5.32 Å². The third-order valence-electron chi connectivity index (χ3n) is 3.50. The normalized spacial score (nSPS) is 23.1. The highest BCUT2D eigenvalue weighted by Crippen LogP contribution is 2.33. The lowest BCUT2D eigenvalue weighted by atomic mass is 9.94. The van der Waals surface area contributed by atoms with Gasteiger partial charge in [0, 0.05) is 21.8 Å². The van der Waals surface area contributed by atoms with Gasteiger partial charge in [0.25, 0.3) is 5.69 Å². The fraction of sp³-hybridized carbons (Fsp3) is 0.538. The molecule has 1 fully saturated rings. The summed E-state index contributed by atoms with van der Waals surface area (Å²) in [5.41, 5.74) is 0.763. The van der Waals surface area contributed by atoms with Crippen molar-refractivity contribution in [2.24, 2.45) is 0 Å². The first kappa shape index (κ1) is 14.7. The Balaban J connectivity index is 2.20. The molecule has 2 atom stereocenters. The van der Waals surface area contributed by atoms with Crippen LogP contribution in [0.1, 0.15) is 25.7 Å². The van der Waals surface area contributed by atoms with Gasteiger partial charge in [-0.3, -0.25) is 10.1 Å². The van der Waals surface area contributed by atoms with Gasteiger partial charge in [-0.2, -0.15) is 11.8 Å². The second-order valence-corrected chi connectivity index (χ2v) is 6.72. The molecule has 0 amide bonds. The smallest absolute Gasteiger partial charge is 0.293 e. The number of thioether (sulfide) groups is 1. The van der Waals surface area contributed by atoms with Crippen LogP contribution in [0.4, 0.5) is 11.4 Å². The van der Waals surface area contributed by atoms with Crippen LogP contribution in [0.2, 0.25) is 0 Å². The van der Waals surface area contributed by atoms with E-state index >= 15 is 0 Å². The van der Waals surface area contributed by atoms with Crippen molar-refractivity contribution in [3.05, 3.63) is 32.8 Å². The Morgan fingerprint density at radius 2 is 2.16 bits per heavy atom. The summed E-state index contributed by atoms with van der Waals surface area (Å²) in [6, 6.07) is 5.50. The minimum absolute atomic E-state index is 0.139. The molecule has 1 aliphatic rings. The summed E-state index contributed by atoms with van der Waals surface area (Å²) in [6.07, 6.45) is 6.83. The van der Waals surface area contributed by atoms with E-state index in [4.69, 9.17) is 0 Å². The van der Waals surface area contributed by atoms with Gasteiger partial charge >= 0.3 is 0 Å². The zero-order chi connectivity index (χ0) is 13.8. The number of nitro benzene ring substituents is 1. The highest BCUT2D eigenvalue weighted by Gasteiger charge is 2.26. The van der Waals surface area contributed by atoms with Crippen LogP contribution in [0.25, 0.3) is 0 Å². The molecule has 0 saturated heterocycles. The second kappa shape index (κ2) is 6.61. The van der Waals surface area contributed by atoms with Crippen molar-refractivity contribution in [2.75, 3.05) is 11.6 Å². The van der Waals surface area contributed by atoms with Crippen molar-refractivity contribution in [3.63, 3.8) is 0 Å². The molecular weight excluding hydrogens is 328 g/mol. The SMILES string of the molecule is CSC1CCCCC1Nc1ccc(Br)cc1[N+](=O)[O-]. The lowest BCUT2D eigenvalue weighted by Crippen LogP contribution is -2.34. The number of rotatable bonds is 4. The maximum absolute atomic E-state index is 11.1. The number of nitrogens with zero attached hydrogens (tertiary/aromatic N) is 1. The van der Waals surface area contributed by atoms with Gasteiger partial charge in [-0.15, -0.1) is 0 Å². The summed E-state index contributed by atoms with van der Waals surface area (Å²) >= 11 is 5.13. The molecular formula is C13H17BrN2O2S. The van der Waals surface area contributed by atoms with E-state index in [1.165, 1.54) is 19.3 Å². The third-order valence-corrected chi connectivity index (χ3v) is 5.17. The summed E-state index contributed by atoms with van der Waals surface area (Å²) in [6.45, 7) is 0. The number of anilines is 1. The summed E-state index contributed by atoms with van der Waals surface area (Å²) < 4.78 is 0.731. The Labute approximate surface area is 125 Å². The number of benzene rings is 1. The molecule has 6 heteroatoms. The highest BCUT2D eigenvalue weighted by atomic mass is 79.9. The van der Waals surface area contributed by atoms with Crippen molar-refractivity contribution in [1.29, 1.82) is 0 Å². The summed E-state index contributed by atoms with van der Waals surface area (Å²) in [7, 11) is 0. The van der Waals surface area contributed by atoms with E-state index in [2.05, 4.69) is 27.5 Å². The lowest BCUT2D eigenvalue weighted by Gasteiger charge is -2.31. The number of nitrogens with one attached hydrogen (secondary N) is 1. The Morgan fingerprint density at radius 3 is 2.84 bits per heavy atom. The quantitative estimate of drug-likeness (QED) is 0.647. The van der Waals surface area contributed by atoms with Gasteiger partial charge in [0.1, 0.15) is 5.69 Å². The van der Waals surface area contributed by atoms with Gasteiger partial charge in [-0.1, -0.05) is 28.8 Å². The van der Waals surface area contributed by atoms with E-state index in [0.717, 1.165) is 10.9 Å². The molecule has 1 aliphatic carbocycles. The van der Waals surface area contributed by atoms with Gasteiger partial charge < -0.3 is 5.32 Å². The molecule has 1 aromatic rings. The lowest BCUT2D eigenvalue weighted by molar-refractivity contribution is -0.384. The Hall–Kier alpha value is -0.750. The van der Waals surface area contributed by atoms with Gasteiger partial charge in [-0.05, 0) is 31.2 Å². The van der Waals surface area contributed by atoms with Crippen molar-refractivity contribution in [2.45, 2.75) is 37.0 Å². The maximum atomic E-state index is 11.1. The van der Waals surface area contributed by atoms with E-state index in [-0.39, 0.29) is 10.6 Å². The largest absolute Gasteiger partial charge is 0.376 e. The number of hydrogen-bond donors (Lipinski definition) is 1. The van der Waals surface area contributed by atoms with Crippen LogP contribution >= 0.6 is 27.7 Å². The number of nitro groups is 1. The van der Waals surface area contributed by atoms with Crippen molar-refractivity contribution in [1.82, 2.24) is 0 Å². The van der Waals surface area contributed by atoms with Crippen molar-refractivity contribution >= 4 is 39.1 Å². The van der Waals surface area contributed by atoms with E-state index in [1.807, 2.05) is 17.8 Å². The third kappa shape index (κ3) is 3.63. The van der Waals surface area contributed by atoms with Crippen LogP contribution in [0.15, 0.2) is 22.7 Å². The Bertz CT molecular complexity index is 470. The molecule has 1 saturated carbocycles. The maximum Gasteiger partial charge on any atom is 0.293 e. The summed E-state index contributed by atoms with van der Waals surface area (Å²) in [5, 5.41) is 15.0. The van der Waals surface area contributed by atoms with Crippen LogP contribution in [0, 0.1) is 10.1 Å². The summed E-state index contributed by atoms with van der Waals surface area (Å²) in [5.74, 6) is 0. The molecule has 104 valence electrons. The molecule has 0 aliphatic heterocycles. The monoisotopic (exact) mass is 344 g/mol. The van der Waals surface area contributed by atoms with E-state index in [9.17, 15) is 10.1 Å². The first-order chi connectivity index (χ1) is 9.11. The first-order valence-electron chi connectivity index (χ1n) is 6.35. The molecule has 0 aromatic heterocycles. The van der Waals surface area contributed by atoms with Gasteiger partial charge in [-0.25, -0.2) is 0 Å². The average Bonchev–Trinajstić information content (AvgIpc) is 2.41. The molecule has 19 heavy (non-hydrogen) atoms. The predicted molar refractivity (Wildman–Crippen MR) is 84.0 cm³/mol. The van der Waals surface area contributed by atoms with Gasteiger partial charge in [0.2, 0.25) is 0 Å². The predicted octanol–water partition coefficient (Wildman–Crippen LogP) is 4.44. The Morgan fingerprint density at radius 1 is 1.42 bits per heavy atom. The molecule has 0 spiro atoms. The van der Waals surface area contributed by atoms with Crippen molar-refractivity contribution in [3.8, 4) is 0 Å². The van der Waals surface area contributed by atoms with Crippen LogP contribution in [0.3, 0.4) is 0 Å². The van der Waals surface area contributed by atoms with Gasteiger partial charge in [0.05, 0.1) is 4.92 Å². The Kier molecular flexibility index (Phi) is 5.10. The standard InChI is InChI=1S/C13H17BrN2O2S/c1-19-13-5-3-2-4-11(13)15-10-7-6-9(14)8-12(10)16(17)18/h6-8,11,13,15H,2-5H2,1H3. The molecule has 0 radical (unpaired) electrons. The highest BCUT2D eigenvalue weighted by molar-refractivity contribution is 9.10. The average molecular weight is 345 g/mol. The molecule has 4 nitrogen and oxygen atoms in total. The number of hydrogen-bond acceptors (Lipinski definition) is 4. The van der Waals surface area contributed by atoms with E-state index in [0.29, 0.717) is 17.0 Å². The van der Waals surface area contributed by atoms with Crippen LogP contribution in [-0.2, 0) is 0 Å². The molecule has 1 aromatic carbocycles. The molecule has 0 heterocycles. The van der Waals surface area contributed by atoms with Crippen molar-refractivity contribution < 1.29 is 4.92 Å². The van der Waals surface area contributed by atoms with E-state index < -0.39 is 0 Å². The number of halogens is 1. The zero-order valence-electron chi connectivity index (χ0n) is 10.8. The fourth-order valence-corrected chi connectivity index (χ4v) is 3.81. The minimum Gasteiger partial charge on any atom is -0.376 e. The topological polar surface area (TPSA) is 55.2 Å². The minimum atomic E-state index is -0.329. The van der Waals surface area contributed by atoms with E-state index in [1.54, 1.807) is 12.1 Å². The zero-order valence-corrected chi connectivity index (χ0v) is 13.2. The second-order valence-electron chi connectivity index (χ2n) is 4.73. The molecule has 2 rings (SSSR count). The van der Waals surface area contributed by atoms with Crippen LogP contribution in [0.5, 0.6) is 0 Å². The van der Waals surface area contributed by atoms with Crippen LogP contribution in [-0.4, -0.2) is 22.5 Å². The van der Waals surface area contributed by atoms with Gasteiger partial charge in [0.15, 0.2) is 0 Å². The molecule has 1 N–H and O–H groups in total.